The SMILES string of the molecule is Cc1nc(N(C)C)nc(C)c1NC(=O)CN1C(=O)c2ccccc2C1=O. The molecule has 8 nitrogen and oxygen atoms in total. The van der Waals surface area contributed by atoms with Crippen LogP contribution in [-0.4, -0.2) is 53.2 Å². The first-order valence-electron chi connectivity index (χ1n) is 8.07. The van der Waals surface area contributed by atoms with Crippen LogP contribution in [-0.2, 0) is 4.79 Å². The van der Waals surface area contributed by atoms with E-state index in [-0.39, 0.29) is 6.54 Å². The summed E-state index contributed by atoms with van der Waals surface area (Å²) in [6, 6.07) is 6.53. The Morgan fingerprint density at radius 1 is 1.04 bits per heavy atom. The van der Waals surface area contributed by atoms with Crippen molar-refractivity contribution in [3.8, 4) is 0 Å². The van der Waals surface area contributed by atoms with E-state index in [1.165, 1.54) is 0 Å². The molecule has 3 amide bonds. The summed E-state index contributed by atoms with van der Waals surface area (Å²) in [5.41, 5.74) is 2.33. The summed E-state index contributed by atoms with van der Waals surface area (Å²) in [6.07, 6.45) is 0. The van der Waals surface area contributed by atoms with Gasteiger partial charge in [-0.15, -0.1) is 0 Å². The van der Waals surface area contributed by atoms with Gasteiger partial charge in [-0.25, -0.2) is 9.97 Å². The average molecular weight is 353 g/mol. The molecule has 1 aliphatic heterocycles. The fraction of sp³-hybridized carbons (Fsp3) is 0.278. The largest absolute Gasteiger partial charge is 0.347 e. The molecule has 1 aromatic carbocycles. The molecule has 0 saturated carbocycles. The molecule has 3 rings (SSSR count). The van der Waals surface area contributed by atoms with Crippen molar-refractivity contribution in [1.82, 2.24) is 14.9 Å². The number of rotatable bonds is 4. The van der Waals surface area contributed by atoms with Crippen LogP contribution in [0.4, 0.5) is 11.6 Å². The van der Waals surface area contributed by atoms with Gasteiger partial charge in [-0.3, -0.25) is 19.3 Å². The van der Waals surface area contributed by atoms with Crippen molar-refractivity contribution in [2.24, 2.45) is 0 Å². The van der Waals surface area contributed by atoms with E-state index >= 15 is 0 Å². The summed E-state index contributed by atoms with van der Waals surface area (Å²) in [4.78, 5) is 48.5. The molecule has 0 saturated heterocycles. The maximum absolute atomic E-state index is 12.4. The van der Waals surface area contributed by atoms with Crippen LogP contribution in [0.15, 0.2) is 24.3 Å². The highest BCUT2D eigenvalue weighted by Gasteiger charge is 2.36. The molecule has 1 aliphatic rings. The van der Waals surface area contributed by atoms with Crippen molar-refractivity contribution in [2.45, 2.75) is 13.8 Å². The predicted molar refractivity (Wildman–Crippen MR) is 96.3 cm³/mol. The number of amides is 3. The molecule has 1 aromatic heterocycles. The highest BCUT2D eigenvalue weighted by Crippen LogP contribution is 2.23. The number of carbonyl (C=O) groups excluding carboxylic acids is 3. The van der Waals surface area contributed by atoms with Gasteiger partial charge in [0.1, 0.15) is 6.54 Å². The summed E-state index contributed by atoms with van der Waals surface area (Å²) in [5, 5.41) is 2.71. The second-order valence-corrected chi connectivity index (χ2v) is 6.25. The van der Waals surface area contributed by atoms with Crippen molar-refractivity contribution < 1.29 is 14.4 Å². The third kappa shape index (κ3) is 3.01. The van der Waals surface area contributed by atoms with Crippen LogP contribution < -0.4 is 10.2 Å². The Labute approximate surface area is 150 Å². The van der Waals surface area contributed by atoms with Crippen molar-refractivity contribution in [3.05, 3.63) is 46.8 Å². The van der Waals surface area contributed by atoms with Crippen LogP contribution in [0, 0.1) is 13.8 Å². The fourth-order valence-electron chi connectivity index (χ4n) is 2.78. The Morgan fingerprint density at radius 3 is 2.00 bits per heavy atom. The minimum atomic E-state index is -0.480. The van der Waals surface area contributed by atoms with Crippen LogP contribution in [0.5, 0.6) is 0 Å². The molecule has 2 aromatic rings. The minimum Gasteiger partial charge on any atom is -0.347 e. The van der Waals surface area contributed by atoms with Crippen molar-refractivity contribution in [3.63, 3.8) is 0 Å². The highest BCUT2D eigenvalue weighted by molar-refractivity contribution is 6.22. The number of imide groups is 1. The van der Waals surface area contributed by atoms with Gasteiger partial charge in [0.2, 0.25) is 11.9 Å². The van der Waals surface area contributed by atoms with E-state index in [0.717, 1.165) is 4.90 Å². The normalized spacial score (nSPS) is 13.0. The molecule has 0 bridgehead atoms. The first-order valence-corrected chi connectivity index (χ1v) is 8.07. The maximum Gasteiger partial charge on any atom is 0.262 e. The zero-order valence-electron chi connectivity index (χ0n) is 15.0. The van der Waals surface area contributed by atoms with Gasteiger partial charge in [-0.05, 0) is 26.0 Å². The lowest BCUT2D eigenvalue weighted by atomic mass is 10.1. The Bertz CT molecular complexity index is 865. The summed E-state index contributed by atoms with van der Waals surface area (Å²) in [7, 11) is 3.66. The smallest absolute Gasteiger partial charge is 0.262 e. The first-order chi connectivity index (χ1) is 12.3. The van der Waals surface area contributed by atoms with Crippen molar-refractivity contribution in [2.75, 3.05) is 30.9 Å². The Kier molecular flexibility index (Phi) is 4.41. The van der Waals surface area contributed by atoms with Gasteiger partial charge >= 0.3 is 0 Å². The Morgan fingerprint density at radius 2 is 1.54 bits per heavy atom. The molecular formula is C18H19N5O3. The molecule has 26 heavy (non-hydrogen) atoms. The third-order valence-corrected chi connectivity index (χ3v) is 4.10. The predicted octanol–water partition coefficient (Wildman–Crippen LogP) is 1.39. The molecule has 0 radical (unpaired) electrons. The number of carbonyl (C=O) groups is 3. The number of benzene rings is 1. The maximum atomic E-state index is 12.4. The van der Waals surface area contributed by atoms with Crippen LogP contribution in [0.25, 0.3) is 0 Å². The average Bonchev–Trinajstić information content (AvgIpc) is 2.83. The number of hydrogen-bond donors (Lipinski definition) is 1. The molecule has 134 valence electrons. The number of aromatic nitrogens is 2. The number of anilines is 2. The number of aryl methyl sites for hydroxylation is 2. The van der Waals surface area contributed by atoms with E-state index in [1.807, 2.05) is 14.1 Å². The van der Waals surface area contributed by atoms with Gasteiger partial charge in [-0.1, -0.05) is 12.1 Å². The van der Waals surface area contributed by atoms with Gasteiger partial charge in [0.15, 0.2) is 0 Å². The zero-order valence-corrected chi connectivity index (χ0v) is 15.0. The third-order valence-electron chi connectivity index (χ3n) is 4.10. The molecule has 0 unspecified atom stereocenters. The van der Waals surface area contributed by atoms with Crippen molar-refractivity contribution >= 4 is 29.4 Å². The van der Waals surface area contributed by atoms with Crippen LogP contribution in [0.1, 0.15) is 32.1 Å². The molecule has 0 aliphatic carbocycles. The molecule has 0 atom stereocenters. The molecule has 2 heterocycles. The second-order valence-electron chi connectivity index (χ2n) is 6.25. The number of nitrogens with one attached hydrogen (secondary N) is 1. The van der Waals surface area contributed by atoms with E-state index < -0.39 is 17.7 Å². The van der Waals surface area contributed by atoms with E-state index in [9.17, 15) is 14.4 Å². The van der Waals surface area contributed by atoms with Gasteiger partial charge in [0.05, 0.1) is 28.2 Å². The topological polar surface area (TPSA) is 95.5 Å². The molecule has 1 N–H and O–H groups in total. The monoisotopic (exact) mass is 353 g/mol. The summed E-state index contributed by atoms with van der Waals surface area (Å²) in [6.45, 7) is 3.17. The number of hydrogen-bond acceptors (Lipinski definition) is 6. The van der Waals surface area contributed by atoms with E-state index in [2.05, 4.69) is 15.3 Å². The summed E-state index contributed by atoms with van der Waals surface area (Å²) < 4.78 is 0. The Hall–Kier alpha value is -3.29. The lowest BCUT2D eigenvalue weighted by Gasteiger charge is -2.17. The van der Waals surface area contributed by atoms with E-state index in [1.54, 1.807) is 43.0 Å². The molecule has 0 fully saturated rings. The number of nitrogens with zero attached hydrogens (tertiary/aromatic N) is 4. The second kappa shape index (κ2) is 6.55. The van der Waals surface area contributed by atoms with Crippen LogP contribution >= 0.6 is 0 Å². The molecule has 0 spiro atoms. The first kappa shape index (κ1) is 17.5. The minimum absolute atomic E-state index is 0.316. The number of fused-ring (bicyclic) bond motifs is 1. The summed E-state index contributed by atoms with van der Waals surface area (Å²) >= 11 is 0. The fourth-order valence-corrected chi connectivity index (χ4v) is 2.78. The van der Waals surface area contributed by atoms with Gasteiger partial charge in [0.25, 0.3) is 11.8 Å². The van der Waals surface area contributed by atoms with Gasteiger partial charge in [0, 0.05) is 14.1 Å². The van der Waals surface area contributed by atoms with E-state index in [0.29, 0.717) is 34.2 Å². The van der Waals surface area contributed by atoms with Gasteiger partial charge in [-0.2, -0.15) is 0 Å². The van der Waals surface area contributed by atoms with Gasteiger partial charge < -0.3 is 10.2 Å². The van der Waals surface area contributed by atoms with Crippen LogP contribution in [0.2, 0.25) is 0 Å². The Balaban J connectivity index is 1.77. The lowest BCUT2D eigenvalue weighted by molar-refractivity contribution is -0.116. The van der Waals surface area contributed by atoms with Crippen molar-refractivity contribution in [1.29, 1.82) is 0 Å². The molecule has 8 heteroatoms. The quantitative estimate of drug-likeness (QED) is 0.835. The summed E-state index contributed by atoms with van der Waals surface area (Å²) in [5.74, 6) is -0.868. The zero-order chi connectivity index (χ0) is 19.0. The lowest BCUT2D eigenvalue weighted by Crippen LogP contribution is -2.37. The molecular weight excluding hydrogens is 334 g/mol. The van der Waals surface area contributed by atoms with E-state index in [4.69, 9.17) is 0 Å². The highest BCUT2D eigenvalue weighted by atomic mass is 16.2. The standard InChI is InChI=1S/C18H19N5O3/c1-10-15(11(2)20-18(19-10)22(3)4)21-14(24)9-23-16(25)12-7-5-6-8-13(12)17(23)26/h5-8H,9H2,1-4H3,(H,21,24). The van der Waals surface area contributed by atoms with Crippen LogP contribution in [0.3, 0.4) is 0 Å².